The number of hydrogen-bond acceptors (Lipinski definition) is 3. The van der Waals surface area contributed by atoms with Crippen LogP contribution in [0, 0.1) is 0 Å². The standard InChI is InChI=1S/C12H16BrNOS/c13-12-9(3-1-5-11(12)14)7-16-8-10-4-2-6-15-10/h1,3,5,10H,2,4,6-8,14H2. The Morgan fingerprint density at radius 3 is 3.12 bits per heavy atom. The summed E-state index contributed by atoms with van der Waals surface area (Å²) in [7, 11) is 0. The molecule has 2 nitrogen and oxygen atoms in total. The van der Waals surface area contributed by atoms with Crippen LogP contribution in [0.4, 0.5) is 5.69 Å². The zero-order valence-electron chi connectivity index (χ0n) is 9.12. The molecule has 1 saturated heterocycles. The van der Waals surface area contributed by atoms with Crippen molar-refractivity contribution in [2.24, 2.45) is 0 Å². The molecule has 1 aliphatic rings. The number of rotatable bonds is 4. The van der Waals surface area contributed by atoms with Crippen molar-refractivity contribution in [3.63, 3.8) is 0 Å². The molecule has 88 valence electrons. The van der Waals surface area contributed by atoms with Gasteiger partial charge in [0.2, 0.25) is 0 Å². The van der Waals surface area contributed by atoms with Crippen LogP contribution in [0.15, 0.2) is 22.7 Å². The van der Waals surface area contributed by atoms with Crippen molar-refractivity contribution in [1.82, 2.24) is 0 Å². The number of nitrogen functional groups attached to an aromatic ring is 1. The van der Waals surface area contributed by atoms with Crippen molar-refractivity contribution in [3.05, 3.63) is 28.2 Å². The Balaban J connectivity index is 1.82. The number of nitrogens with two attached hydrogens (primary N) is 1. The summed E-state index contributed by atoms with van der Waals surface area (Å²) >= 11 is 5.44. The Kier molecular flexibility index (Phi) is 4.55. The van der Waals surface area contributed by atoms with E-state index in [0.29, 0.717) is 6.10 Å². The number of thioether (sulfide) groups is 1. The van der Waals surface area contributed by atoms with E-state index in [2.05, 4.69) is 22.0 Å². The van der Waals surface area contributed by atoms with Gasteiger partial charge in [-0.1, -0.05) is 12.1 Å². The molecule has 1 aliphatic heterocycles. The van der Waals surface area contributed by atoms with Gasteiger partial charge in [-0.25, -0.2) is 0 Å². The van der Waals surface area contributed by atoms with Crippen LogP contribution in [0.5, 0.6) is 0 Å². The molecule has 1 aromatic carbocycles. The second-order valence-corrected chi connectivity index (χ2v) is 5.79. The van der Waals surface area contributed by atoms with Gasteiger partial charge in [0.15, 0.2) is 0 Å². The summed E-state index contributed by atoms with van der Waals surface area (Å²) in [6.45, 7) is 0.938. The van der Waals surface area contributed by atoms with Gasteiger partial charge in [-0.15, -0.1) is 0 Å². The molecule has 1 atom stereocenters. The summed E-state index contributed by atoms with van der Waals surface area (Å²) in [5.74, 6) is 2.08. The SMILES string of the molecule is Nc1cccc(CSCC2CCCO2)c1Br. The Hall–Kier alpha value is -0.190. The van der Waals surface area contributed by atoms with E-state index in [1.807, 2.05) is 23.9 Å². The Morgan fingerprint density at radius 2 is 2.38 bits per heavy atom. The first kappa shape index (κ1) is 12.3. The van der Waals surface area contributed by atoms with Gasteiger partial charge in [0, 0.05) is 28.3 Å². The third kappa shape index (κ3) is 3.15. The lowest BCUT2D eigenvalue weighted by Gasteiger charge is -2.10. The maximum atomic E-state index is 5.83. The van der Waals surface area contributed by atoms with E-state index in [1.165, 1.54) is 18.4 Å². The van der Waals surface area contributed by atoms with Gasteiger partial charge in [0.25, 0.3) is 0 Å². The molecular formula is C12H16BrNOS. The minimum atomic E-state index is 0.463. The predicted molar refractivity (Wildman–Crippen MR) is 73.7 cm³/mol. The van der Waals surface area contributed by atoms with Gasteiger partial charge in [-0.3, -0.25) is 0 Å². The van der Waals surface area contributed by atoms with E-state index >= 15 is 0 Å². The normalized spacial score (nSPS) is 20.2. The van der Waals surface area contributed by atoms with Crippen LogP contribution in [-0.4, -0.2) is 18.5 Å². The van der Waals surface area contributed by atoms with E-state index in [9.17, 15) is 0 Å². The summed E-state index contributed by atoms with van der Waals surface area (Å²) in [6.07, 6.45) is 2.89. The van der Waals surface area contributed by atoms with Crippen LogP contribution >= 0.6 is 27.7 Å². The van der Waals surface area contributed by atoms with Crippen molar-refractivity contribution in [1.29, 1.82) is 0 Å². The lowest BCUT2D eigenvalue weighted by Crippen LogP contribution is -2.08. The van der Waals surface area contributed by atoms with E-state index in [4.69, 9.17) is 10.5 Å². The van der Waals surface area contributed by atoms with Gasteiger partial charge in [-0.05, 0) is 40.4 Å². The maximum Gasteiger partial charge on any atom is 0.0666 e. The third-order valence-corrected chi connectivity index (χ3v) is 4.78. The first-order chi connectivity index (χ1) is 7.77. The largest absolute Gasteiger partial charge is 0.398 e. The second-order valence-electron chi connectivity index (χ2n) is 3.97. The Bertz CT molecular complexity index is 353. The lowest BCUT2D eigenvalue weighted by atomic mass is 10.2. The summed E-state index contributed by atoms with van der Waals surface area (Å²) in [5, 5.41) is 0. The average molecular weight is 302 g/mol. The highest BCUT2D eigenvalue weighted by Gasteiger charge is 2.15. The number of halogens is 1. The van der Waals surface area contributed by atoms with E-state index in [-0.39, 0.29) is 0 Å². The molecule has 2 rings (SSSR count). The van der Waals surface area contributed by atoms with E-state index < -0.39 is 0 Å². The van der Waals surface area contributed by atoms with Crippen molar-refractivity contribution in [2.75, 3.05) is 18.1 Å². The first-order valence-electron chi connectivity index (χ1n) is 5.49. The summed E-state index contributed by atoms with van der Waals surface area (Å²) in [6, 6.07) is 6.03. The van der Waals surface area contributed by atoms with Crippen LogP contribution in [-0.2, 0) is 10.5 Å². The fourth-order valence-corrected chi connectivity index (χ4v) is 3.48. The van der Waals surface area contributed by atoms with Crippen molar-refractivity contribution >= 4 is 33.4 Å². The highest BCUT2D eigenvalue weighted by molar-refractivity contribution is 9.10. The molecule has 0 saturated carbocycles. The lowest BCUT2D eigenvalue weighted by molar-refractivity contribution is 0.129. The summed E-state index contributed by atoms with van der Waals surface area (Å²) < 4.78 is 6.62. The number of ether oxygens (including phenoxy) is 1. The number of anilines is 1. The van der Waals surface area contributed by atoms with Crippen LogP contribution in [0.1, 0.15) is 18.4 Å². The molecule has 0 spiro atoms. The molecule has 0 bridgehead atoms. The zero-order chi connectivity index (χ0) is 11.4. The molecule has 0 aromatic heterocycles. The van der Waals surface area contributed by atoms with Gasteiger partial charge < -0.3 is 10.5 Å². The first-order valence-corrected chi connectivity index (χ1v) is 7.44. The van der Waals surface area contributed by atoms with Gasteiger partial charge in [0.1, 0.15) is 0 Å². The van der Waals surface area contributed by atoms with Crippen LogP contribution in [0.2, 0.25) is 0 Å². The van der Waals surface area contributed by atoms with Gasteiger partial charge in [-0.2, -0.15) is 11.8 Å². The Labute approximate surface area is 109 Å². The fraction of sp³-hybridized carbons (Fsp3) is 0.500. The molecule has 0 aliphatic carbocycles. The minimum Gasteiger partial charge on any atom is -0.398 e. The molecule has 16 heavy (non-hydrogen) atoms. The van der Waals surface area contributed by atoms with Crippen molar-refractivity contribution in [2.45, 2.75) is 24.7 Å². The summed E-state index contributed by atoms with van der Waals surface area (Å²) in [5.41, 5.74) is 7.92. The maximum absolute atomic E-state index is 5.83. The molecule has 0 radical (unpaired) electrons. The fourth-order valence-electron chi connectivity index (χ4n) is 1.79. The molecule has 1 fully saturated rings. The molecule has 1 heterocycles. The molecular weight excluding hydrogens is 286 g/mol. The van der Waals surface area contributed by atoms with Gasteiger partial charge >= 0.3 is 0 Å². The van der Waals surface area contributed by atoms with Gasteiger partial charge in [0.05, 0.1) is 6.10 Å². The number of hydrogen-bond donors (Lipinski definition) is 1. The van der Waals surface area contributed by atoms with Crippen LogP contribution < -0.4 is 5.73 Å². The summed E-state index contributed by atoms with van der Waals surface area (Å²) in [4.78, 5) is 0. The molecule has 1 unspecified atom stereocenters. The highest BCUT2D eigenvalue weighted by Crippen LogP contribution is 2.28. The topological polar surface area (TPSA) is 35.2 Å². The Morgan fingerprint density at radius 1 is 1.50 bits per heavy atom. The number of benzene rings is 1. The van der Waals surface area contributed by atoms with E-state index in [0.717, 1.165) is 28.3 Å². The van der Waals surface area contributed by atoms with E-state index in [1.54, 1.807) is 0 Å². The smallest absolute Gasteiger partial charge is 0.0666 e. The minimum absolute atomic E-state index is 0.463. The highest BCUT2D eigenvalue weighted by atomic mass is 79.9. The molecule has 2 N–H and O–H groups in total. The third-order valence-electron chi connectivity index (χ3n) is 2.69. The van der Waals surface area contributed by atoms with Crippen LogP contribution in [0.3, 0.4) is 0 Å². The predicted octanol–water partition coefficient (Wildman–Crippen LogP) is 3.44. The van der Waals surface area contributed by atoms with Crippen molar-refractivity contribution < 1.29 is 4.74 Å². The van der Waals surface area contributed by atoms with Crippen molar-refractivity contribution in [3.8, 4) is 0 Å². The quantitative estimate of drug-likeness (QED) is 0.865. The second kappa shape index (κ2) is 5.94. The molecule has 1 aromatic rings. The monoisotopic (exact) mass is 301 g/mol. The van der Waals surface area contributed by atoms with Crippen LogP contribution in [0.25, 0.3) is 0 Å². The average Bonchev–Trinajstić information content (AvgIpc) is 2.77. The molecule has 4 heteroatoms. The molecule has 0 amide bonds. The zero-order valence-corrected chi connectivity index (χ0v) is 11.5.